The van der Waals surface area contributed by atoms with Gasteiger partial charge in [-0.1, -0.05) is 0 Å². The van der Waals surface area contributed by atoms with Crippen LogP contribution in [0.25, 0.3) is 0 Å². The third-order valence-electron chi connectivity index (χ3n) is 2.80. The van der Waals surface area contributed by atoms with E-state index in [9.17, 15) is 4.79 Å². The summed E-state index contributed by atoms with van der Waals surface area (Å²) < 4.78 is 5.38. The number of hydrogen-bond donors (Lipinski definition) is 2. The van der Waals surface area contributed by atoms with Gasteiger partial charge in [-0.05, 0) is 19.1 Å². The first-order chi connectivity index (χ1) is 7.72. The molecule has 16 heavy (non-hydrogen) atoms. The van der Waals surface area contributed by atoms with Gasteiger partial charge in [0.1, 0.15) is 5.69 Å². The monoisotopic (exact) mass is 224 g/mol. The van der Waals surface area contributed by atoms with Gasteiger partial charge in [0.15, 0.2) is 0 Å². The molecular weight excluding hydrogens is 208 g/mol. The van der Waals surface area contributed by atoms with E-state index >= 15 is 0 Å². The highest BCUT2D eigenvalue weighted by atomic mass is 16.5. The van der Waals surface area contributed by atoms with Gasteiger partial charge in [0, 0.05) is 12.7 Å². The maximum atomic E-state index is 12.1. The van der Waals surface area contributed by atoms with E-state index in [1.807, 2.05) is 6.92 Å². The molecule has 5 nitrogen and oxygen atoms in total. The van der Waals surface area contributed by atoms with Crippen LogP contribution in [0.2, 0.25) is 0 Å². The van der Waals surface area contributed by atoms with Gasteiger partial charge in [-0.2, -0.15) is 0 Å². The van der Waals surface area contributed by atoms with Crippen LogP contribution in [0.15, 0.2) is 18.3 Å². The number of aromatic nitrogens is 1. The number of aliphatic hydroxyl groups is 1. The van der Waals surface area contributed by atoms with Crippen molar-refractivity contribution in [3.63, 3.8) is 0 Å². The van der Waals surface area contributed by atoms with Gasteiger partial charge in [0.2, 0.25) is 0 Å². The van der Waals surface area contributed by atoms with Crippen molar-refractivity contribution in [1.82, 2.24) is 9.88 Å². The Kier molecular flexibility index (Phi) is 3.26. The second-order valence-corrected chi connectivity index (χ2v) is 4.03. The molecule has 2 atom stereocenters. The van der Waals surface area contributed by atoms with Crippen LogP contribution in [0.5, 0.6) is 0 Å². The molecule has 1 saturated heterocycles. The topological polar surface area (TPSA) is 65.6 Å². The van der Waals surface area contributed by atoms with E-state index in [1.54, 1.807) is 23.2 Å². The van der Waals surface area contributed by atoms with E-state index in [1.165, 1.54) is 0 Å². The number of morpholine rings is 1. The molecule has 0 aliphatic carbocycles. The third kappa shape index (κ3) is 2.10. The van der Waals surface area contributed by atoms with Crippen LogP contribution in [0.3, 0.4) is 0 Å². The van der Waals surface area contributed by atoms with Crippen LogP contribution in [0.1, 0.15) is 17.4 Å². The Morgan fingerprint density at radius 3 is 3.19 bits per heavy atom. The lowest BCUT2D eigenvalue weighted by Crippen LogP contribution is -2.52. The molecule has 5 heteroatoms. The molecule has 1 fully saturated rings. The number of ether oxygens (including phenoxy) is 1. The number of aliphatic hydroxyl groups excluding tert-OH is 1. The summed E-state index contributed by atoms with van der Waals surface area (Å²) in [6.07, 6.45) is 1.46. The molecule has 2 unspecified atom stereocenters. The van der Waals surface area contributed by atoms with E-state index < -0.39 is 0 Å². The van der Waals surface area contributed by atoms with Crippen molar-refractivity contribution in [3.05, 3.63) is 24.0 Å². The Morgan fingerprint density at radius 1 is 1.75 bits per heavy atom. The summed E-state index contributed by atoms with van der Waals surface area (Å²) in [6.45, 7) is 2.79. The molecule has 2 heterocycles. The Hall–Kier alpha value is -1.33. The minimum Gasteiger partial charge on any atom is -0.394 e. The third-order valence-corrected chi connectivity index (χ3v) is 2.80. The summed E-state index contributed by atoms with van der Waals surface area (Å²) >= 11 is 0. The minimum atomic E-state index is -0.268. The summed E-state index contributed by atoms with van der Waals surface area (Å²) in [7, 11) is 0. The molecule has 1 aliphatic heterocycles. The van der Waals surface area contributed by atoms with E-state index in [-0.39, 0.29) is 24.7 Å². The molecule has 0 bridgehead atoms. The van der Waals surface area contributed by atoms with E-state index in [2.05, 4.69) is 4.98 Å². The number of carbonyl (C=O) groups excluding carboxylic acids is 1. The molecule has 88 valence electrons. The van der Waals surface area contributed by atoms with Crippen LogP contribution in [-0.2, 0) is 4.74 Å². The molecule has 2 rings (SSSR count). The molecule has 0 saturated carbocycles. The van der Waals surface area contributed by atoms with Gasteiger partial charge in [0.25, 0.3) is 5.91 Å². The molecule has 1 amide bonds. The van der Waals surface area contributed by atoms with Crippen molar-refractivity contribution in [2.24, 2.45) is 0 Å². The Labute approximate surface area is 94.0 Å². The van der Waals surface area contributed by atoms with Gasteiger partial charge >= 0.3 is 0 Å². The fourth-order valence-corrected chi connectivity index (χ4v) is 1.83. The van der Waals surface area contributed by atoms with Gasteiger partial charge in [-0.25, -0.2) is 0 Å². The Morgan fingerprint density at radius 2 is 2.56 bits per heavy atom. The van der Waals surface area contributed by atoms with Crippen molar-refractivity contribution >= 4 is 5.91 Å². The zero-order valence-electron chi connectivity index (χ0n) is 9.22. The second kappa shape index (κ2) is 4.67. The van der Waals surface area contributed by atoms with Crippen LogP contribution >= 0.6 is 0 Å². The molecular formula is C11H16N2O3. The molecule has 0 aromatic carbocycles. The molecule has 1 aromatic rings. The van der Waals surface area contributed by atoms with Crippen LogP contribution in [-0.4, -0.2) is 52.8 Å². The zero-order valence-corrected chi connectivity index (χ0v) is 9.22. The predicted molar refractivity (Wildman–Crippen MR) is 58.1 cm³/mol. The molecule has 1 aromatic heterocycles. The fourth-order valence-electron chi connectivity index (χ4n) is 1.83. The van der Waals surface area contributed by atoms with Crippen LogP contribution in [0.4, 0.5) is 0 Å². The number of nitrogens with zero attached hydrogens (tertiary/aromatic N) is 1. The van der Waals surface area contributed by atoms with Crippen LogP contribution < -0.4 is 0 Å². The number of nitrogens with one attached hydrogen (secondary N) is 1. The maximum absolute atomic E-state index is 12.1. The van der Waals surface area contributed by atoms with Gasteiger partial charge < -0.3 is 19.7 Å². The average Bonchev–Trinajstić information content (AvgIpc) is 2.82. The number of aromatic amines is 1. The Bertz CT molecular complexity index is 350. The molecule has 2 N–H and O–H groups in total. The first-order valence-electron chi connectivity index (χ1n) is 5.39. The minimum absolute atomic E-state index is 0.0404. The van der Waals surface area contributed by atoms with Crippen molar-refractivity contribution in [2.45, 2.75) is 19.1 Å². The average molecular weight is 224 g/mol. The normalized spacial score (nSPS) is 25.8. The summed E-state index contributed by atoms with van der Waals surface area (Å²) in [5.41, 5.74) is 0.574. The smallest absolute Gasteiger partial charge is 0.270 e. The first kappa shape index (κ1) is 11.2. The first-order valence-corrected chi connectivity index (χ1v) is 5.39. The summed E-state index contributed by atoms with van der Waals surface area (Å²) in [5.74, 6) is -0.0424. The molecule has 0 spiro atoms. The fraction of sp³-hybridized carbons (Fsp3) is 0.545. The van der Waals surface area contributed by atoms with Gasteiger partial charge in [-0.15, -0.1) is 0 Å². The SMILES string of the molecule is CC1COC(CO)CN1C(=O)c1ccc[nH]1. The van der Waals surface area contributed by atoms with Gasteiger partial charge in [-0.3, -0.25) is 4.79 Å². The van der Waals surface area contributed by atoms with E-state index in [0.717, 1.165) is 0 Å². The standard InChI is InChI=1S/C11H16N2O3/c1-8-7-16-9(6-14)5-13(8)11(15)10-3-2-4-12-10/h2-4,8-9,12,14H,5-7H2,1H3. The highest BCUT2D eigenvalue weighted by Crippen LogP contribution is 2.14. The lowest BCUT2D eigenvalue weighted by Gasteiger charge is -2.37. The number of H-pyrrole nitrogens is 1. The number of rotatable bonds is 2. The van der Waals surface area contributed by atoms with Crippen molar-refractivity contribution in [3.8, 4) is 0 Å². The number of carbonyl (C=O) groups is 1. The van der Waals surface area contributed by atoms with Gasteiger partial charge in [0.05, 0.1) is 25.4 Å². The lowest BCUT2D eigenvalue weighted by atomic mass is 10.2. The zero-order chi connectivity index (χ0) is 11.5. The van der Waals surface area contributed by atoms with Crippen LogP contribution in [0, 0.1) is 0 Å². The van der Waals surface area contributed by atoms with Crippen molar-refractivity contribution in [1.29, 1.82) is 0 Å². The Balaban J connectivity index is 2.09. The molecule has 1 aliphatic rings. The lowest BCUT2D eigenvalue weighted by molar-refractivity contribution is -0.0668. The van der Waals surface area contributed by atoms with E-state index in [0.29, 0.717) is 18.8 Å². The summed E-state index contributed by atoms with van der Waals surface area (Å²) in [6, 6.07) is 3.58. The predicted octanol–water partition coefficient (Wildman–Crippen LogP) is 0.236. The van der Waals surface area contributed by atoms with E-state index in [4.69, 9.17) is 9.84 Å². The second-order valence-electron chi connectivity index (χ2n) is 4.03. The molecule has 0 radical (unpaired) electrons. The number of amides is 1. The quantitative estimate of drug-likeness (QED) is 0.756. The largest absolute Gasteiger partial charge is 0.394 e. The maximum Gasteiger partial charge on any atom is 0.270 e. The number of hydrogen-bond acceptors (Lipinski definition) is 3. The summed E-state index contributed by atoms with van der Waals surface area (Å²) in [5, 5.41) is 9.04. The highest BCUT2D eigenvalue weighted by Gasteiger charge is 2.30. The van der Waals surface area contributed by atoms with Crippen molar-refractivity contribution in [2.75, 3.05) is 19.8 Å². The highest BCUT2D eigenvalue weighted by molar-refractivity contribution is 5.92. The summed E-state index contributed by atoms with van der Waals surface area (Å²) in [4.78, 5) is 16.7. The van der Waals surface area contributed by atoms with Crippen molar-refractivity contribution < 1.29 is 14.6 Å².